The molecule has 1 aliphatic rings. The molecule has 2 aromatic rings. The van der Waals surface area contributed by atoms with Crippen LogP contribution < -0.4 is 16.4 Å². The number of aryl methyl sites for hydroxylation is 2. The summed E-state index contributed by atoms with van der Waals surface area (Å²) in [6, 6.07) is 11.6. The van der Waals surface area contributed by atoms with Gasteiger partial charge in [-0.3, -0.25) is 9.45 Å². The molecule has 37 heavy (non-hydrogen) atoms. The number of guanidine groups is 2. The van der Waals surface area contributed by atoms with Gasteiger partial charge in [0.25, 0.3) is 10.1 Å². The van der Waals surface area contributed by atoms with E-state index in [0.717, 1.165) is 36.1 Å². The number of halogens is 2. The average Bonchev–Trinajstić information content (AvgIpc) is 2.76. The van der Waals surface area contributed by atoms with Crippen molar-refractivity contribution in [2.45, 2.75) is 57.0 Å². The summed E-state index contributed by atoms with van der Waals surface area (Å²) in [4.78, 5) is 9.84. The molecule has 0 amide bonds. The zero-order chi connectivity index (χ0) is 28.0. The van der Waals surface area contributed by atoms with E-state index in [9.17, 15) is 20.7 Å². The molecule has 0 bridgehead atoms. The fraction of sp³-hybridized carbons (Fsp3) is 0.391. The monoisotopic (exact) mass is 575 g/mol. The van der Waals surface area contributed by atoms with Crippen LogP contribution in [0, 0.1) is 0 Å². The van der Waals surface area contributed by atoms with E-state index in [2.05, 4.69) is 9.98 Å². The summed E-state index contributed by atoms with van der Waals surface area (Å²) in [5.41, 5.74) is 13.6. The molecule has 2 aromatic carbocycles. The van der Waals surface area contributed by atoms with Crippen molar-refractivity contribution in [2.24, 2.45) is 21.5 Å². The highest BCUT2D eigenvalue weighted by atomic mass is 35.5. The minimum atomic E-state index is -4.69. The number of unbranched alkanes of at least 4 members (excludes halogenated alkanes) is 1. The number of aliphatic imine (C=N–C) groups is 2. The van der Waals surface area contributed by atoms with Crippen molar-refractivity contribution in [1.29, 1.82) is 0 Å². The van der Waals surface area contributed by atoms with Gasteiger partial charge in [-0.1, -0.05) is 29.8 Å². The summed E-state index contributed by atoms with van der Waals surface area (Å²) < 4.78 is 62.1. The van der Waals surface area contributed by atoms with Gasteiger partial charge in [0, 0.05) is 10.7 Å². The Kier molecular flexibility index (Phi) is 10.1. The van der Waals surface area contributed by atoms with E-state index in [1.165, 1.54) is 19.1 Å². The summed E-state index contributed by atoms with van der Waals surface area (Å²) in [5, 5.41) is 0.606. The van der Waals surface area contributed by atoms with Crippen molar-refractivity contribution in [3.05, 3.63) is 58.6 Å². The van der Waals surface area contributed by atoms with Gasteiger partial charge in [0.1, 0.15) is 5.66 Å². The first-order valence-electron chi connectivity index (χ1n) is 11.3. The first kappa shape index (κ1) is 30.5. The molecular weight excluding hydrogens is 545 g/mol. The molecule has 14 heteroatoms. The minimum Gasteiger partial charge on any atom is -0.369 e. The van der Waals surface area contributed by atoms with Crippen LogP contribution >= 0.6 is 11.6 Å². The van der Waals surface area contributed by atoms with Crippen LogP contribution in [0.3, 0.4) is 0 Å². The lowest BCUT2D eigenvalue weighted by Crippen LogP contribution is -2.54. The van der Waals surface area contributed by atoms with Crippen LogP contribution in [0.25, 0.3) is 0 Å². The first-order chi connectivity index (χ1) is 17.0. The zero-order valence-electron chi connectivity index (χ0n) is 20.7. The van der Waals surface area contributed by atoms with E-state index in [0.29, 0.717) is 11.4 Å². The molecule has 204 valence electrons. The smallest absolute Gasteiger partial charge is 0.332 e. The number of hydrogen-bond donors (Lipinski definition) is 3. The van der Waals surface area contributed by atoms with Crippen LogP contribution in [0.15, 0.2) is 57.3 Å². The third-order valence-corrected chi connectivity index (χ3v) is 7.29. The maximum Gasteiger partial charge on any atom is 0.332 e. The van der Waals surface area contributed by atoms with Gasteiger partial charge in [-0.25, -0.2) is 4.99 Å². The van der Waals surface area contributed by atoms with Gasteiger partial charge in [0.15, 0.2) is 0 Å². The van der Waals surface area contributed by atoms with Crippen LogP contribution in [-0.2, 0) is 33.2 Å². The first-order valence-corrected chi connectivity index (χ1v) is 14.7. The number of nitrogens with zero attached hydrogens (tertiary/aromatic N) is 3. The van der Waals surface area contributed by atoms with Gasteiger partial charge in [0.2, 0.25) is 11.9 Å². The molecule has 0 saturated heterocycles. The van der Waals surface area contributed by atoms with E-state index in [-0.39, 0.29) is 22.6 Å². The van der Waals surface area contributed by atoms with Crippen LogP contribution in [0.1, 0.15) is 44.7 Å². The van der Waals surface area contributed by atoms with Crippen molar-refractivity contribution in [3.8, 4) is 0 Å². The van der Waals surface area contributed by atoms with E-state index in [1.54, 1.807) is 17.0 Å². The van der Waals surface area contributed by atoms with Crippen LogP contribution in [-0.4, -0.2) is 44.7 Å². The van der Waals surface area contributed by atoms with Gasteiger partial charge in [-0.2, -0.15) is 21.8 Å². The Morgan fingerprint density at radius 2 is 1.68 bits per heavy atom. The number of benzene rings is 2. The summed E-state index contributed by atoms with van der Waals surface area (Å²) in [5.74, 6) is 0.183. The molecule has 0 saturated carbocycles. The van der Waals surface area contributed by atoms with Crippen molar-refractivity contribution in [1.82, 2.24) is 0 Å². The topological polar surface area (TPSA) is 169 Å². The van der Waals surface area contributed by atoms with E-state index in [4.69, 9.17) is 27.6 Å². The quantitative estimate of drug-likeness (QED) is 0.243. The van der Waals surface area contributed by atoms with Crippen LogP contribution in [0.2, 0.25) is 5.02 Å². The summed E-state index contributed by atoms with van der Waals surface area (Å²) in [7, 11) is -8.35. The maximum absolute atomic E-state index is 13.1. The van der Waals surface area contributed by atoms with Crippen molar-refractivity contribution < 1.29 is 25.3 Å². The standard InChI is InChI=1S/C21H25ClFN5O2S.C2H6O3S/c1-21(2)27-19(24)26-20(25)28(21)16-11-10-15(18(22)13-16)8-4-3-6-14-7-5-9-17(12-14)31(23,29)30;1-2-6(3,4)5/h5,7,9-13H,3-4,6,8H2,1-2H3,(H4,24,25,26,27);2H2,1H3,(H,3,4,5). The lowest BCUT2D eigenvalue weighted by atomic mass is 10.0. The number of rotatable bonds is 8. The zero-order valence-corrected chi connectivity index (χ0v) is 23.1. The Morgan fingerprint density at radius 1 is 1.05 bits per heavy atom. The minimum absolute atomic E-state index is 0.135. The Hall–Kier alpha value is -2.74. The van der Waals surface area contributed by atoms with Crippen molar-refractivity contribution >= 4 is 49.5 Å². The normalized spacial score (nSPS) is 15.4. The molecule has 1 heterocycles. The highest BCUT2D eigenvalue weighted by Gasteiger charge is 2.33. The molecule has 0 radical (unpaired) electrons. The fourth-order valence-corrected chi connectivity index (χ4v) is 4.43. The molecule has 0 unspecified atom stereocenters. The van der Waals surface area contributed by atoms with E-state index in [1.807, 2.05) is 32.0 Å². The second kappa shape index (κ2) is 12.2. The Morgan fingerprint density at radius 3 is 2.22 bits per heavy atom. The third kappa shape index (κ3) is 9.26. The SMILES string of the molecule is CC1(C)N=C(N)N=C(N)N1c1ccc(CCCCc2cccc(S(=O)(=O)F)c2)c(Cl)c1.CCS(=O)(=O)O. The van der Waals surface area contributed by atoms with Gasteiger partial charge in [-0.15, -0.1) is 3.89 Å². The predicted octanol–water partition coefficient (Wildman–Crippen LogP) is 3.64. The molecule has 0 aliphatic carbocycles. The lowest BCUT2D eigenvalue weighted by Gasteiger charge is -2.38. The molecule has 1 aliphatic heterocycles. The molecule has 0 fully saturated rings. The fourth-order valence-electron chi connectivity index (χ4n) is 3.63. The van der Waals surface area contributed by atoms with Crippen LogP contribution in [0.5, 0.6) is 0 Å². The van der Waals surface area contributed by atoms with Gasteiger partial charge < -0.3 is 11.5 Å². The largest absolute Gasteiger partial charge is 0.369 e. The summed E-state index contributed by atoms with van der Waals surface area (Å²) in [6.45, 7) is 5.13. The molecule has 0 aromatic heterocycles. The Bertz CT molecular complexity index is 1400. The Balaban J connectivity index is 0.000000717. The molecule has 5 N–H and O–H groups in total. The third-order valence-electron chi connectivity index (χ3n) is 5.39. The van der Waals surface area contributed by atoms with Gasteiger partial charge >= 0.3 is 10.2 Å². The number of nitrogens with two attached hydrogens (primary N) is 2. The summed E-state index contributed by atoms with van der Waals surface area (Å²) in [6.07, 6.45) is 3.04. The summed E-state index contributed by atoms with van der Waals surface area (Å²) >= 11 is 6.51. The molecular formula is C23H31ClFN5O5S2. The molecule has 3 rings (SSSR count). The highest BCUT2D eigenvalue weighted by Crippen LogP contribution is 2.31. The highest BCUT2D eigenvalue weighted by molar-refractivity contribution is 7.86. The number of hydrogen-bond acceptors (Lipinski definition) is 9. The van der Waals surface area contributed by atoms with Crippen LogP contribution in [0.4, 0.5) is 9.57 Å². The van der Waals surface area contributed by atoms with Gasteiger partial charge in [-0.05, 0) is 81.8 Å². The second-order valence-electron chi connectivity index (χ2n) is 8.71. The maximum atomic E-state index is 13.1. The van der Waals surface area contributed by atoms with E-state index < -0.39 is 26.0 Å². The molecule has 10 nitrogen and oxygen atoms in total. The number of anilines is 1. The van der Waals surface area contributed by atoms with Crippen molar-refractivity contribution in [3.63, 3.8) is 0 Å². The molecule has 0 atom stereocenters. The second-order valence-corrected chi connectivity index (χ2v) is 12.2. The average molecular weight is 576 g/mol. The molecule has 0 spiro atoms. The lowest BCUT2D eigenvalue weighted by molar-refractivity contribution is 0.484. The van der Waals surface area contributed by atoms with Gasteiger partial charge in [0.05, 0.1) is 10.6 Å². The Labute approximate surface area is 222 Å². The van der Waals surface area contributed by atoms with E-state index >= 15 is 0 Å². The van der Waals surface area contributed by atoms with Crippen molar-refractivity contribution in [2.75, 3.05) is 10.7 Å². The predicted molar refractivity (Wildman–Crippen MR) is 145 cm³/mol.